The Hall–Kier alpha value is -2.15. The largest absolute Gasteiger partial charge is 0.488 e. The zero-order valence-corrected chi connectivity index (χ0v) is 28.4. The molecule has 3 heteroatoms. The van der Waals surface area contributed by atoms with Crippen LogP contribution in [-0.2, 0) is 22.6 Å². The summed E-state index contributed by atoms with van der Waals surface area (Å²) in [5.74, 6) is 1.57. The Morgan fingerprint density at radius 2 is 1.41 bits per heavy atom. The van der Waals surface area contributed by atoms with Crippen LogP contribution in [-0.4, -0.2) is 5.11 Å². The van der Waals surface area contributed by atoms with Crippen molar-refractivity contribution in [3.8, 4) is 5.75 Å². The Morgan fingerprint density at radius 3 is 2.00 bits per heavy atom. The van der Waals surface area contributed by atoms with Crippen molar-refractivity contribution in [2.24, 2.45) is 5.92 Å². The second-order valence-electron chi connectivity index (χ2n) is 13.8. The first-order chi connectivity index (χ1) is 19.2. The third-order valence-corrected chi connectivity index (χ3v) is 10.8. The van der Waals surface area contributed by atoms with Gasteiger partial charge in [-0.25, -0.2) is 0 Å². The molecule has 0 saturated heterocycles. The highest BCUT2D eigenvalue weighted by molar-refractivity contribution is 7.48. The molecule has 0 bridgehead atoms. The minimum atomic E-state index is -0.497. The Labute approximate surface area is 253 Å². The highest BCUT2D eigenvalue weighted by atomic mass is 31.1. The quantitative estimate of drug-likeness (QED) is 0.206. The van der Waals surface area contributed by atoms with E-state index in [1.54, 1.807) is 0 Å². The van der Waals surface area contributed by atoms with Crippen molar-refractivity contribution < 1.29 is 9.84 Å². The zero-order valence-electron chi connectivity index (χ0n) is 27.4. The monoisotopic (exact) mass is 574 g/mol. The van der Waals surface area contributed by atoms with Gasteiger partial charge in [-0.3, -0.25) is 0 Å². The van der Waals surface area contributed by atoms with Gasteiger partial charge in [0.1, 0.15) is 12.4 Å². The molecule has 2 nitrogen and oxygen atoms in total. The van der Waals surface area contributed by atoms with Crippen LogP contribution in [0.3, 0.4) is 0 Å². The van der Waals surface area contributed by atoms with E-state index in [-0.39, 0.29) is 16.0 Å². The summed E-state index contributed by atoms with van der Waals surface area (Å²) in [6, 6.07) is 23.9. The van der Waals surface area contributed by atoms with Gasteiger partial charge < -0.3 is 9.84 Å². The fourth-order valence-corrected chi connectivity index (χ4v) is 7.84. The molecule has 0 aliphatic rings. The number of hydrogen-bond acceptors (Lipinski definition) is 2. The normalized spacial score (nSPS) is 15.6. The third-order valence-electron chi connectivity index (χ3n) is 8.99. The van der Waals surface area contributed by atoms with Gasteiger partial charge in [0.2, 0.25) is 0 Å². The molecule has 0 aliphatic heterocycles. The van der Waals surface area contributed by atoms with Crippen molar-refractivity contribution in [1.29, 1.82) is 0 Å². The zero-order chi connectivity index (χ0) is 30.4. The van der Waals surface area contributed by atoms with Crippen molar-refractivity contribution >= 4 is 13.9 Å². The van der Waals surface area contributed by atoms with Crippen molar-refractivity contribution in [1.82, 2.24) is 0 Å². The third kappa shape index (κ3) is 8.03. The lowest BCUT2D eigenvalue weighted by Crippen LogP contribution is -2.31. The van der Waals surface area contributed by atoms with Crippen molar-refractivity contribution in [2.75, 3.05) is 0 Å². The highest BCUT2D eigenvalue weighted by Gasteiger charge is 2.38. The van der Waals surface area contributed by atoms with Crippen LogP contribution in [0.2, 0.25) is 0 Å². The van der Waals surface area contributed by atoms with E-state index in [1.165, 1.54) is 40.4 Å². The molecular formula is C38H55O2P. The van der Waals surface area contributed by atoms with Crippen LogP contribution in [0.25, 0.3) is 0 Å². The molecule has 3 aromatic carbocycles. The van der Waals surface area contributed by atoms with Crippen LogP contribution in [0.15, 0.2) is 66.7 Å². The van der Waals surface area contributed by atoms with Gasteiger partial charge in [0.15, 0.2) is 0 Å². The number of rotatable bonds is 13. The smallest absolute Gasteiger partial charge is 0.127 e. The SMILES string of the molecule is CCCC(C)C(C)(C)c1cc(C(C)(C)C)cc(C(C)(CCC)Pc2ccccc2C(C)O)c1OCc1ccccc1. The fourth-order valence-electron chi connectivity index (χ4n) is 5.93. The Bertz CT molecular complexity index is 1260. The number of hydrogen-bond donors (Lipinski definition) is 1. The molecule has 1 N–H and O–H groups in total. The molecule has 224 valence electrons. The molecule has 0 aromatic heterocycles. The Balaban J connectivity index is 2.34. The van der Waals surface area contributed by atoms with Gasteiger partial charge in [-0.05, 0) is 52.1 Å². The van der Waals surface area contributed by atoms with E-state index >= 15 is 0 Å². The molecule has 0 amide bonds. The number of benzene rings is 3. The maximum atomic E-state index is 10.7. The van der Waals surface area contributed by atoms with Crippen LogP contribution >= 0.6 is 8.58 Å². The highest BCUT2D eigenvalue weighted by Crippen LogP contribution is 2.53. The van der Waals surface area contributed by atoms with Gasteiger partial charge in [-0.2, -0.15) is 0 Å². The lowest BCUT2D eigenvalue weighted by Gasteiger charge is -2.40. The predicted molar refractivity (Wildman–Crippen MR) is 180 cm³/mol. The summed E-state index contributed by atoms with van der Waals surface area (Å²) in [4.78, 5) is 0. The molecule has 4 atom stereocenters. The first kappa shape index (κ1) is 33.4. The predicted octanol–water partition coefficient (Wildman–Crippen LogP) is 10.3. The molecule has 0 fully saturated rings. The molecule has 0 aliphatic carbocycles. The summed E-state index contributed by atoms with van der Waals surface area (Å²) < 4.78 is 7.00. The minimum Gasteiger partial charge on any atom is -0.488 e. The molecule has 3 rings (SSSR count). The van der Waals surface area contributed by atoms with Gasteiger partial charge in [0.25, 0.3) is 0 Å². The van der Waals surface area contributed by atoms with E-state index in [0.29, 0.717) is 21.1 Å². The molecule has 0 saturated carbocycles. The van der Waals surface area contributed by atoms with E-state index in [1.807, 2.05) is 13.0 Å². The van der Waals surface area contributed by atoms with Crippen molar-refractivity contribution in [3.05, 3.63) is 94.5 Å². The topological polar surface area (TPSA) is 29.5 Å². The summed E-state index contributed by atoms with van der Waals surface area (Å²) in [7, 11) is 0.506. The van der Waals surface area contributed by atoms with Gasteiger partial charge in [-0.15, -0.1) is 0 Å². The van der Waals surface area contributed by atoms with E-state index in [0.717, 1.165) is 24.2 Å². The molecule has 4 unspecified atom stereocenters. The standard InChI is InChI=1S/C38H55O2P/c1-11-18-27(3)37(8,9)32-24-30(36(5,6)7)25-33(35(32)40-26-29-19-14-13-15-20-29)38(10,23-12-2)41-34-22-17-16-21-31(34)28(4)39/h13-17,19-22,24-25,27-28,39,41H,11-12,18,23,26H2,1-10H3. The van der Waals surface area contributed by atoms with E-state index in [9.17, 15) is 5.11 Å². The lowest BCUT2D eigenvalue weighted by molar-refractivity contribution is 0.200. The van der Waals surface area contributed by atoms with Crippen molar-refractivity contribution in [2.45, 2.75) is 124 Å². The summed E-state index contributed by atoms with van der Waals surface area (Å²) >= 11 is 0. The van der Waals surface area contributed by atoms with Crippen molar-refractivity contribution in [3.63, 3.8) is 0 Å². The van der Waals surface area contributed by atoms with Gasteiger partial charge in [0.05, 0.1) is 6.10 Å². The van der Waals surface area contributed by atoms with E-state index in [4.69, 9.17) is 4.74 Å². The molecule has 0 radical (unpaired) electrons. The average molecular weight is 575 g/mol. The summed E-state index contributed by atoms with van der Waals surface area (Å²) in [5.41, 5.74) is 6.15. The van der Waals surface area contributed by atoms with Crippen LogP contribution in [0.5, 0.6) is 5.75 Å². The number of ether oxygens (including phenoxy) is 1. The first-order valence-electron chi connectivity index (χ1n) is 15.7. The van der Waals surface area contributed by atoms with E-state index < -0.39 is 6.10 Å². The van der Waals surface area contributed by atoms with Gasteiger partial charge in [0, 0.05) is 16.3 Å². The van der Waals surface area contributed by atoms with E-state index in [2.05, 4.69) is 123 Å². The maximum Gasteiger partial charge on any atom is 0.127 e. The second kappa shape index (κ2) is 13.9. The van der Waals surface area contributed by atoms with Crippen LogP contribution in [0, 0.1) is 5.92 Å². The Kier molecular flexibility index (Phi) is 11.3. The van der Waals surface area contributed by atoms with Crippen LogP contribution < -0.4 is 10.0 Å². The fraction of sp³-hybridized carbons (Fsp3) is 0.526. The number of aliphatic hydroxyl groups excluding tert-OH is 1. The molecular weight excluding hydrogens is 519 g/mol. The maximum absolute atomic E-state index is 10.7. The molecule has 0 heterocycles. The number of aliphatic hydroxyl groups is 1. The van der Waals surface area contributed by atoms with Crippen LogP contribution in [0.4, 0.5) is 0 Å². The minimum absolute atomic E-state index is 0.000704. The summed E-state index contributed by atoms with van der Waals surface area (Å²) in [6.45, 7) is 23.6. The lowest BCUT2D eigenvalue weighted by atomic mass is 9.69. The summed E-state index contributed by atoms with van der Waals surface area (Å²) in [5, 5.41) is 11.8. The van der Waals surface area contributed by atoms with Gasteiger partial charge in [-0.1, -0.05) is 157 Å². The average Bonchev–Trinajstić information content (AvgIpc) is 2.92. The van der Waals surface area contributed by atoms with Crippen LogP contribution in [0.1, 0.15) is 129 Å². The molecule has 3 aromatic rings. The van der Waals surface area contributed by atoms with Gasteiger partial charge >= 0.3 is 0 Å². The molecule has 41 heavy (non-hydrogen) atoms. The Morgan fingerprint density at radius 1 is 0.805 bits per heavy atom. The molecule has 0 spiro atoms. The first-order valence-corrected chi connectivity index (χ1v) is 16.7. The summed E-state index contributed by atoms with van der Waals surface area (Å²) in [6.07, 6.45) is 3.96. The second-order valence-corrected chi connectivity index (χ2v) is 15.7.